The molecule has 0 aromatic heterocycles. The first-order valence-electron chi connectivity index (χ1n) is 10.7. The highest BCUT2D eigenvalue weighted by molar-refractivity contribution is 8.00. The van der Waals surface area contributed by atoms with Crippen LogP contribution in [-0.2, 0) is 11.0 Å². The van der Waals surface area contributed by atoms with Crippen LogP contribution in [0.5, 0.6) is 0 Å². The quantitative estimate of drug-likeness (QED) is 0.186. The van der Waals surface area contributed by atoms with E-state index in [0.717, 1.165) is 17.3 Å². The van der Waals surface area contributed by atoms with Crippen molar-refractivity contribution in [3.8, 4) is 0 Å². The maximum absolute atomic E-state index is 14.2. The summed E-state index contributed by atoms with van der Waals surface area (Å²) in [4.78, 5) is 25.7. The maximum Gasteiger partial charge on any atom is 0.422 e. The second kappa shape index (κ2) is 11.2. The van der Waals surface area contributed by atoms with Crippen LogP contribution in [0, 0.1) is 30.2 Å². The number of hydrogen-bond acceptors (Lipinski definition) is 3. The molecular weight excluding hydrogens is 525 g/mol. The molecule has 3 aromatic carbocycles. The van der Waals surface area contributed by atoms with Crippen LogP contribution in [0.15, 0.2) is 53.4 Å². The fourth-order valence-electron chi connectivity index (χ4n) is 3.35. The highest BCUT2D eigenvalue weighted by Crippen LogP contribution is 2.39. The molecule has 0 radical (unpaired) electrons. The molecule has 12 heteroatoms. The Bertz CT molecular complexity index is 1320. The maximum atomic E-state index is 14.2. The number of carbonyl (C=O) groups excluding carboxylic acids is 2. The molecule has 2 amide bonds. The van der Waals surface area contributed by atoms with E-state index in [-0.39, 0.29) is 12.3 Å². The van der Waals surface area contributed by atoms with Gasteiger partial charge in [0.15, 0.2) is 23.3 Å². The van der Waals surface area contributed by atoms with Gasteiger partial charge < -0.3 is 10.6 Å². The summed E-state index contributed by atoms with van der Waals surface area (Å²) in [5.74, 6) is -11.6. The molecule has 4 nitrogen and oxygen atoms in total. The summed E-state index contributed by atoms with van der Waals surface area (Å²) < 4.78 is 94.5. The molecule has 1 unspecified atom stereocenters. The minimum absolute atomic E-state index is 0.0745. The van der Waals surface area contributed by atoms with Gasteiger partial charge in [-0.1, -0.05) is 31.2 Å². The summed E-state index contributed by atoms with van der Waals surface area (Å²) in [5.41, 5.74) is -2.80. The number of benzene rings is 3. The number of carbonyl (C=O) groups is 2. The third kappa shape index (κ3) is 6.24. The molecule has 2 N–H and O–H groups in total. The van der Waals surface area contributed by atoms with E-state index < -0.39 is 51.9 Å². The molecule has 0 spiro atoms. The Morgan fingerprint density at radius 3 is 2.08 bits per heavy atom. The van der Waals surface area contributed by atoms with E-state index in [2.05, 4.69) is 5.32 Å². The van der Waals surface area contributed by atoms with Crippen molar-refractivity contribution in [2.45, 2.75) is 36.6 Å². The Balaban J connectivity index is 1.79. The van der Waals surface area contributed by atoms with Crippen LogP contribution >= 0.6 is 11.8 Å². The van der Waals surface area contributed by atoms with Gasteiger partial charge in [0.1, 0.15) is 11.3 Å². The number of alkyl halides is 3. The number of amides is 2. The average Bonchev–Trinajstić information content (AvgIpc) is 2.83. The molecule has 0 aliphatic rings. The number of hydrogen-bond donors (Lipinski definition) is 2. The van der Waals surface area contributed by atoms with Gasteiger partial charge in [0, 0.05) is 16.1 Å². The van der Waals surface area contributed by atoms with E-state index in [4.69, 9.17) is 0 Å². The lowest BCUT2D eigenvalue weighted by atomic mass is 10.1. The summed E-state index contributed by atoms with van der Waals surface area (Å²) >= 11 is 0.908. The number of aryl methyl sites for hydroxylation is 1. The zero-order valence-corrected chi connectivity index (χ0v) is 20.1. The molecule has 0 saturated carbocycles. The molecule has 0 aliphatic heterocycles. The second-order valence-electron chi connectivity index (χ2n) is 7.80. The largest absolute Gasteiger partial charge is 0.422 e. The second-order valence-corrected chi connectivity index (χ2v) is 9.08. The molecule has 0 aliphatic carbocycles. The highest BCUT2D eigenvalue weighted by Gasteiger charge is 2.42. The Kier molecular flexibility index (Phi) is 8.52. The van der Waals surface area contributed by atoms with Crippen LogP contribution in [0.25, 0.3) is 0 Å². The van der Waals surface area contributed by atoms with E-state index in [1.807, 2.05) is 0 Å². The monoisotopic (exact) mass is 544 g/mol. The lowest BCUT2D eigenvalue weighted by Crippen LogP contribution is -2.27. The predicted molar refractivity (Wildman–Crippen MR) is 125 cm³/mol. The fourth-order valence-corrected chi connectivity index (χ4v) is 4.37. The Morgan fingerprint density at radius 1 is 0.892 bits per heavy atom. The first kappa shape index (κ1) is 28.0. The minimum atomic E-state index is -5.69. The third-order valence-electron chi connectivity index (χ3n) is 5.22. The molecule has 1 atom stereocenters. The first-order valence-corrected chi connectivity index (χ1v) is 11.6. The van der Waals surface area contributed by atoms with Crippen molar-refractivity contribution in [2.24, 2.45) is 0 Å². The summed E-state index contributed by atoms with van der Waals surface area (Å²) in [7, 11) is 0. The fraction of sp³-hybridized carbons (Fsp3) is 0.200. The SMILES string of the molecule is CCC(Sc1cccc(NC(=O)c2ccccc2C)c1)C(=O)Nc1c(F)c(F)c(C(F)(F)F)c(F)c1F. The zero-order chi connectivity index (χ0) is 27.5. The minimum Gasteiger partial charge on any atom is -0.322 e. The third-order valence-corrected chi connectivity index (χ3v) is 6.58. The Morgan fingerprint density at radius 2 is 1.51 bits per heavy atom. The van der Waals surface area contributed by atoms with E-state index in [0.29, 0.717) is 16.1 Å². The van der Waals surface area contributed by atoms with Crippen LogP contribution in [0.1, 0.15) is 34.8 Å². The summed E-state index contributed by atoms with van der Waals surface area (Å²) in [5, 5.41) is 3.31. The van der Waals surface area contributed by atoms with Gasteiger partial charge in [-0.2, -0.15) is 13.2 Å². The molecule has 0 bridgehead atoms. The van der Waals surface area contributed by atoms with Crippen LogP contribution < -0.4 is 10.6 Å². The Hall–Kier alpha value is -3.54. The lowest BCUT2D eigenvalue weighted by Gasteiger charge is -2.18. The average molecular weight is 544 g/mol. The zero-order valence-electron chi connectivity index (χ0n) is 19.3. The number of nitrogens with one attached hydrogen (secondary N) is 2. The van der Waals surface area contributed by atoms with Gasteiger partial charge in [-0.15, -0.1) is 11.8 Å². The number of thioether (sulfide) groups is 1. The van der Waals surface area contributed by atoms with Crippen LogP contribution in [0.3, 0.4) is 0 Å². The summed E-state index contributed by atoms with van der Waals surface area (Å²) in [6.07, 6.45) is -5.62. The van der Waals surface area contributed by atoms with Gasteiger partial charge >= 0.3 is 6.18 Å². The molecule has 3 rings (SSSR count). The molecule has 196 valence electrons. The van der Waals surface area contributed by atoms with Gasteiger partial charge in [0.05, 0.1) is 5.25 Å². The first-order chi connectivity index (χ1) is 17.3. The van der Waals surface area contributed by atoms with E-state index in [1.54, 1.807) is 61.6 Å². The predicted octanol–water partition coefficient (Wildman–Crippen LogP) is 7.33. The smallest absolute Gasteiger partial charge is 0.322 e. The standard InChI is InChI=1S/C25H19F7N2O2S/c1-3-16(24(36)34-22-20(28)18(26)17(25(30,31)32)19(27)21(22)29)37-14-9-6-8-13(11-14)33-23(35)15-10-5-4-7-12(15)2/h4-11,16H,3H2,1-2H3,(H,33,35)(H,34,36). The van der Waals surface area contributed by atoms with Gasteiger partial charge in [-0.05, 0) is 43.2 Å². The summed E-state index contributed by atoms with van der Waals surface area (Å²) in [6.45, 7) is 3.31. The van der Waals surface area contributed by atoms with Crippen molar-refractivity contribution in [1.29, 1.82) is 0 Å². The van der Waals surface area contributed by atoms with Crippen molar-refractivity contribution >= 4 is 35.0 Å². The van der Waals surface area contributed by atoms with E-state index >= 15 is 0 Å². The van der Waals surface area contributed by atoms with Crippen molar-refractivity contribution < 1.29 is 40.3 Å². The Labute approximate surface area is 211 Å². The molecule has 0 fully saturated rings. The van der Waals surface area contributed by atoms with Crippen LogP contribution in [0.2, 0.25) is 0 Å². The molecule has 3 aromatic rings. The van der Waals surface area contributed by atoms with E-state index in [1.165, 1.54) is 6.07 Å². The molecular formula is C25H19F7N2O2S. The van der Waals surface area contributed by atoms with Crippen molar-refractivity contribution in [1.82, 2.24) is 0 Å². The van der Waals surface area contributed by atoms with Gasteiger partial charge in [0.2, 0.25) is 5.91 Å². The normalized spacial score (nSPS) is 12.2. The molecule has 0 saturated heterocycles. The highest BCUT2D eigenvalue weighted by atomic mass is 32.2. The molecule has 0 heterocycles. The van der Waals surface area contributed by atoms with Crippen LogP contribution in [0.4, 0.5) is 42.1 Å². The summed E-state index contributed by atoms with van der Waals surface area (Å²) in [6, 6.07) is 13.2. The molecule has 37 heavy (non-hydrogen) atoms. The number of halogens is 7. The van der Waals surface area contributed by atoms with Gasteiger partial charge in [-0.25, -0.2) is 17.6 Å². The van der Waals surface area contributed by atoms with Crippen molar-refractivity contribution in [2.75, 3.05) is 10.6 Å². The lowest BCUT2D eigenvalue weighted by molar-refractivity contribution is -0.143. The van der Waals surface area contributed by atoms with Crippen LogP contribution in [-0.4, -0.2) is 17.1 Å². The van der Waals surface area contributed by atoms with Gasteiger partial charge in [-0.3, -0.25) is 9.59 Å². The topological polar surface area (TPSA) is 58.2 Å². The van der Waals surface area contributed by atoms with Crippen molar-refractivity contribution in [3.05, 3.63) is 88.5 Å². The van der Waals surface area contributed by atoms with E-state index in [9.17, 15) is 40.3 Å². The number of rotatable bonds is 7. The number of anilines is 2. The van der Waals surface area contributed by atoms with Crippen molar-refractivity contribution in [3.63, 3.8) is 0 Å². The van der Waals surface area contributed by atoms with Gasteiger partial charge in [0.25, 0.3) is 5.91 Å².